The van der Waals surface area contributed by atoms with E-state index >= 15 is 0 Å². The van der Waals surface area contributed by atoms with Crippen LogP contribution in [-0.2, 0) is 6.42 Å². The van der Waals surface area contributed by atoms with Crippen molar-refractivity contribution < 1.29 is 4.74 Å². The molecule has 0 radical (unpaired) electrons. The lowest BCUT2D eigenvalue weighted by molar-refractivity contribution is 0.222. The van der Waals surface area contributed by atoms with Gasteiger partial charge >= 0.3 is 0 Å². The predicted octanol–water partition coefficient (Wildman–Crippen LogP) is 2.57. The number of ether oxygens (including phenoxy) is 1. The normalized spacial score (nSPS) is 17.6. The maximum atomic E-state index is 5.99. The fourth-order valence-electron chi connectivity index (χ4n) is 2.44. The third-order valence-corrected chi connectivity index (χ3v) is 3.87. The maximum Gasteiger partial charge on any atom is 0.123 e. The molecule has 106 valence electrons. The van der Waals surface area contributed by atoms with Crippen molar-refractivity contribution in [1.29, 1.82) is 0 Å². The Labute approximate surface area is 120 Å². The molecule has 0 spiro atoms. The highest BCUT2D eigenvalue weighted by Crippen LogP contribution is 2.30. The number of likely N-dealkylation sites (N-methyl/N-ethyl adjacent to an activating group) is 1. The van der Waals surface area contributed by atoms with E-state index in [1.165, 1.54) is 5.56 Å². The van der Waals surface area contributed by atoms with E-state index in [1.807, 2.05) is 18.2 Å². The van der Waals surface area contributed by atoms with Gasteiger partial charge in [0.25, 0.3) is 0 Å². The summed E-state index contributed by atoms with van der Waals surface area (Å²) in [5.41, 5.74) is 1.23. The lowest BCUT2D eigenvalue weighted by Gasteiger charge is -2.19. The fraction of sp³-hybridized carbons (Fsp3) is 0.600. The number of halogens is 1. The van der Waals surface area contributed by atoms with Crippen molar-refractivity contribution in [3.8, 4) is 5.75 Å². The smallest absolute Gasteiger partial charge is 0.123 e. The molecule has 3 nitrogen and oxygen atoms in total. The van der Waals surface area contributed by atoms with E-state index in [1.54, 1.807) is 0 Å². The largest absolute Gasteiger partial charge is 0.488 e. The van der Waals surface area contributed by atoms with Crippen molar-refractivity contribution in [2.75, 3.05) is 32.7 Å². The molecule has 2 rings (SSSR count). The second kappa shape index (κ2) is 7.13. The Kier molecular flexibility index (Phi) is 5.49. The summed E-state index contributed by atoms with van der Waals surface area (Å²) in [4.78, 5) is 2.41. The average molecular weight is 283 g/mol. The van der Waals surface area contributed by atoms with E-state index in [0.717, 1.165) is 49.9 Å². The summed E-state index contributed by atoms with van der Waals surface area (Å²) in [6.07, 6.45) is 1.19. The molecule has 1 aliphatic heterocycles. The molecule has 0 saturated heterocycles. The van der Waals surface area contributed by atoms with E-state index < -0.39 is 0 Å². The second-order valence-corrected chi connectivity index (χ2v) is 5.36. The summed E-state index contributed by atoms with van der Waals surface area (Å²) < 4.78 is 5.89. The fourth-order valence-corrected chi connectivity index (χ4v) is 2.64. The van der Waals surface area contributed by atoms with Gasteiger partial charge in [-0.2, -0.15) is 0 Å². The lowest BCUT2D eigenvalue weighted by Crippen LogP contribution is -2.36. The number of nitrogens with one attached hydrogen (secondary N) is 1. The molecule has 4 heteroatoms. The van der Waals surface area contributed by atoms with E-state index in [-0.39, 0.29) is 6.10 Å². The van der Waals surface area contributed by atoms with Crippen LogP contribution in [0.25, 0.3) is 0 Å². The molecule has 0 amide bonds. The summed E-state index contributed by atoms with van der Waals surface area (Å²) in [5.74, 6) is 0.986. The predicted molar refractivity (Wildman–Crippen MR) is 80.2 cm³/mol. The third kappa shape index (κ3) is 4.10. The van der Waals surface area contributed by atoms with Gasteiger partial charge in [0.2, 0.25) is 0 Å². The molecule has 0 saturated carbocycles. The highest BCUT2D eigenvalue weighted by atomic mass is 35.5. The van der Waals surface area contributed by atoms with Crippen LogP contribution in [0.2, 0.25) is 5.02 Å². The summed E-state index contributed by atoms with van der Waals surface area (Å²) >= 11 is 5.99. The molecule has 1 aromatic rings. The average Bonchev–Trinajstić information content (AvgIpc) is 2.80. The molecule has 19 heavy (non-hydrogen) atoms. The van der Waals surface area contributed by atoms with Gasteiger partial charge in [-0.05, 0) is 36.9 Å². The zero-order valence-corrected chi connectivity index (χ0v) is 12.5. The van der Waals surface area contributed by atoms with Crippen molar-refractivity contribution in [1.82, 2.24) is 10.2 Å². The Balaban J connectivity index is 1.69. The molecule has 0 bridgehead atoms. The van der Waals surface area contributed by atoms with E-state index in [4.69, 9.17) is 16.3 Å². The zero-order chi connectivity index (χ0) is 13.7. The van der Waals surface area contributed by atoms with Crippen LogP contribution in [0.5, 0.6) is 5.75 Å². The number of hydrogen-bond donors (Lipinski definition) is 1. The number of rotatable bonds is 7. The van der Waals surface area contributed by atoms with Crippen molar-refractivity contribution in [3.05, 3.63) is 28.8 Å². The van der Waals surface area contributed by atoms with Crippen LogP contribution in [0.4, 0.5) is 0 Å². The highest BCUT2D eigenvalue weighted by Gasteiger charge is 2.22. The molecule has 1 aromatic carbocycles. The van der Waals surface area contributed by atoms with Gasteiger partial charge in [0.05, 0.1) is 0 Å². The highest BCUT2D eigenvalue weighted by molar-refractivity contribution is 6.30. The minimum absolute atomic E-state index is 0.241. The van der Waals surface area contributed by atoms with Crippen molar-refractivity contribution in [2.45, 2.75) is 26.4 Å². The van der Waals surface area contributed by atoms with E-state index in [9.17, 15) is 0 Å². The van der Waals surface area contributed by atoms with Gasteiger partial charge in [0, 0.05) is 31.1 Å². The topological polar surface area (TPSA) is 24.5 Å². The first-order valence-corrected chi connectivity index (χ1v) is 7.48. The van der Waals surface area contributed by atoms with E-state index in [0.29, 0.717) is 0 Å². The summed E-state index contributed by atoms with van der Waals surface area (Å²) in [6.45, 7) is 9.63. The van der Waals surface area contributed by atoms with Gasteiger partial charge in [-0.1, -0.05) is 25.4 Å². The Morgan fingerprint density at radius 1 is 1.37 bits per heavy atom. The SMILES string of the molecule is CCN(CC)CCNCC1Cc2cc(Cl)ccc2O1. The molecule has 1 aliphatic rings. The number of fused-ring (bicyclic) bond motifs is 1. The van der Waals surface area contributed by atoms with Crippen LogP contribution in [0, 0.1) is 0 Å². The molecule has 1 heterocycles. The molecule has 1 N–H and O–H groups in total. The first-order valence-electron chi connectivity index (χ1n) is 7.11. The molecule has 1 unspecified atom stereocenters. The Hall–Kier alpha value is -0.770. The first-order chi connectivity index (χ1) is 9.22. The van der Waals surface area contributed by atoms with Crippen LogP contribution in [0.1, 0.15) is 19.4 Å². The molecule has 0 fully saturated rings. The van der Waals surface area contributed by atoms with Crippen LogP contribution < -0.4 is 10.1 Å². The summed E-state index contributed by atoms with van der Waals surface area (Å²) in [7, 11) is 0. The number of hydrogen-bond acceptors (Lipinski definition) is 3. The van der Waals surface area contributed by atoms with Crippen LogP contribution in [0.3, 0.4) is 0 Å². The van der Waals surface area contributed by atoms with E-state index in [2.05, 4.69) is 24.1 Å². The van der Waals surface area contributed by atoms with Crippen LogP contribution in [-0.4, -0.2) is 43.7 Å². The quantitative estimate of drug-likeness (QED) is 0.778. The van der Waals surface area contributed by atoms with Crippen molar-refractivity contribution in [3.63, 3.8) is 0 Å². The Bertz CT molecular complexity index is 407. The minimum atomic E-state index is 0.241. The minimum Gasteiger partial charge on any atom is -0.488 e. The molecule has 1 atom stereocenters. The van der Waals surface area contributed by atoms with Gasteiger partial charge in [0.1, 0.15) is 11.9 Å². The van der Waals surface area contributed by atoms with Gasteiger partial charge in [-0.15, -0.1) is 0 Å². The molecule has 0 aliphatic carbocycles. The molecule has 0 aromatic heterocycles. The summed E-state index contributed by atoms with van der Waals surface area (Å²) in [5, 5.41) is 4.27. The van der Waals surface area contributed by atoms with Crippen molar-refractivity contribution >= 4 is 11.6 Å². The van der Waals surface area contributed by atoms with Gasteiger partial charge < -0.3 is 15.0 Å². The maximum absolute atomic E-state index is 5.99. The second-order valence-electron chi connectivity index (χ2n) is 4.93. The van der Waals surface area contributed by atoms with Crippen LogP contribution in [0.15, 0.2) is 18.2 Å². The first kappa shape index (κ1) is 14.6. The molecular weight excluding hydrogens is 260 g/mol. The Morgan fingerprint density at radius 2 is 2.16 bits per heavy atom. The number of benzene rings is 1. The molecular formula is C15H23ClN2O. The van der Waals surface area contributed by atoms with Gasteiger partial charge in [-0.25, -0.2) is 0 Å². The third-order valence-electron chi connectivity index (χ3n) is 3.63. The Morgan fingerprint density at radius 3 is 2.89 bits per heavy atom. The van der Waals surface area contributed by atoms with Gasteiger partial charge in [0.15, 0.2) is 0 Å². The van der Waals surface area contributed by atoms with Gasteiger partial charge in [-0.3, -0.25) is 0 Å². The lowest BCUT2D eigenvalue weighted by atomic mass is 10.1. The monoisotopic (exact) mass is 282 g/mol. The standard InChI is InChI=1S/C15H23ClN2O/c1-3-18(4-2)8-7-17-11-14-10-12-9-13(16)5-6-15(12)19-14/h5-6,9,14,17H,3-4,7-8,10-11H2,1-2H3. The van der Waals surface area contributed by atoms with Crippen molar-refractivity contribution in [2.24, 2.45) is 0 Å². The van der Waals surface area contributed by atoms with Crippen LogP contribution >= 0.6 is 11.6 Å². The zero-order valence-electron chi connectivity index (χ0n) is 11.8. The number of nitrogens with zero attached hydrogens (tertiary/aromatic N) is 1. The summed E-state index contributed by atoms with van der Waals surface area (Å²) in [6, 6.07) is 5.86.